The standard InChI is InChI=1S/C13H20O.C12H18/c1-9(2)11-7-6-8-12(10(3)4)13(11)14-5;1-5-11-7-9(3)12(6-2)10(4)8-11/h6-10H,1-5H3;7-8H,5-6H2,1-4H3. The van der Waals surface area contributed by atoms with E-state index >= 15 is 0 Å². The molecule has 0 aliphatic heterocycles. The number of hydrogen-bond donors (Lipinski definition) is 0. The van der Waals surface area contributed by atoms with Gasteiger partial charge in [-0.3, -0.25) is 0 Å². The fourth-order valence-corrected chi connectivity index (χ4v) is 3.56. The van der Waals surface area contributed by atoms with Crippen LogP contribution >= 0.6 is 0 Å². The number of para-hydroxylation sites is 1. The van der Waals surface area contributed by atoms with E-state index in [-0.39, 0.29) is 0 Å². The summed E-state index contributed by atoms with van der Waals surface area (Å²) in [6.07, 6.45) is 2.30. The summed E-state index contributed by atoms with van der Waals surface area (Å²) in [6.45, 7) is 17.6. The largest absolute Gasteiger partial charge is 0.496 e. The van der Waals surface area contributed by atoms with Crippen LogP contribution in [-0.2, 0) is 12.8 Å². The summed E-state index contributed by atoms with van der Waals surface area (Å²) < 4.78 is 5.50. The number of hydrogen-bond acceptors (Lipinski definition) is 1. The first kappa shape index (κ1) is 22.3. The molecule has 0 aliphatic carbocycles. The van der Waals surface area contributed by atoms with Gasteiger partial charge in [0.1, 0.15) is 5.75 Å². The van der Waals surface area contributed by atoms with Crippen LogP contribution in [0.2, 0.25) is 0 Å². The van der Waals surface area contributed by atoms with Gasteiger partial charge in [-0.2, -0.15) is 0 Å². The van der Waals surface area contributed by atoms with Crippen molar-refractivity contribution in [2.45, 2.75) is 80.1 Å². The summed E-state index contributed by atoms with van der Waals surface area (Å²) in [5.41, 5.74) is 8.50. The lowest BCUT2D eigenvalue weighted by molar-refractivity contribution is 0.400. The van der Waals surface area contributed by atoms with Crippen LogP contribution in [-0.4, -0.2) is 7.11 Å². The lowest BCUT2D eigenvalue weighted by Gasteiger charge is -2.17. The van der Waals surface area contributed by atoms with Crippen molar-refractivity contribution in [1.82, 2.24) is 0 Å². The van der Waals surface area contributed by atoms with Gasteiger partial charge in [-0.1, -0.05) is 71.9 Å². The predicted molar refractivity (Wildman–Crippen MR) is 116 cm³/mol. The van der Waals surface area contributed by atoms with Crippen LogP contribution in [0.1, 0.15) is 86.8 Å². The molecular formula is C25H38O. The van der Waals surface area contributed by atoms with E-state index in [1.54, 1.807) is 7.11 Å². The Morgan fingerprint density at radius 1 is 0.808 bits per heavy atom. The van der Waals surface area contributed by atoms with Crippen molar-refractivity contribution < 1.29 is 4.74 Å². The molecule has 0 aliphatic rings. The number of ether oxygens (including phenoxy) is 1. The van der Waals surface area contributed by atoms with Crippen LogP contribution < -0.4 is 4.74 Å². The molecule has 0 spiro atoms. The fourth-order valence-electron chi connectivity index (χ4n) is 3.56. The second kappa shape index (κ2) is 10.4. The summed E-state index contributed by atoms with van der Waals surface area (Å²) in [5, 5.41) is 0. The smallest absolute Gasteiger partial charge is 0.125 e. The lowest BCUT2D eigenvalue weighted by Crippen LogP contribution is -2.00. The Kier molecular flexibility index (Phi) is 8.92. The minimum absolute atomic E-state index is 0.517. The molecule has 2 rings (SSSR count). The van der Waals surface area contributed by atoms with E-state index in [0.29, 0.717) is 11.8 Å². The van der Waals surface area contributed by atoms with Gasteiger partial charge in [-0.15, -0.1) is 0 Å². The number of rotatable bonds is 5. The molecular weight excluding hydrogens is 316 g/mol. The van der Waals surface area contributed by atoms with Gasteiger partial charge in [0.15, 0.2) is 0 Å². The maximum absolute atomic E-state index is 5.50. The van der Waals surface area contributed by atoms with E-state index in [9.17, 15) is 0 Å². The van der Waals surface area contributed by atoms with Crippen LogP contribution in [0.25, 0.3) is 0 Å². The quantitative estimate of drug-likeness (QED) is 0.544. The van der Waals surface area contributed by atoms with Crippen LogP contribution in [0.3, 0.4) is 0 Å². The second-order valence-electron chi connectivity index (χ2n) is 7.69. The molecule has 1 nitrogen and oxygen atoms in total. The third-order valence-electron chi connectivity index (χ3n) is 5.04. The van der Waals surface area contributed by atoms with Crippen molar-refractivity contribution in [3.8, 4) is 5.75 Å². The molecule has 2 aromatic rings. The molecule has 0 saturated heterocycles. The molecule has 0 saturated carbocycles. The predicted octanol–water partition coefficient (Wildman–Crippen LogP) is 7.37. The average molecular weight is 355 g/mol. The van der Waals surface area contributed by atoms with Gasteiger partial charge >= 0.3 is 0 Å². The van der Waals surface area contributed by atoms with Crippen LogP contribution in [0, 0.1) is 13.8 Å². The molecule has 26 heavy (non-hydrogen) atoms. The Labute approximate surface area is 161 Å². The Bertz CT molecular complexity index is 646. The molecule has 0 radical (unpaired) electrons. The molecule has 1 heteroatoms. The van der Waals surface area contributed by atoms with Gasteiger partial charge in [-0.25, -0.2) is 0 Å². The minimum atomic E-state index is 0.517. The third kappa shape index (κ3) is 5.62. The SMILES string of the molecule is CCc1cc(C)c(CC)c(C)c1.COc1c(C(C)C)cccc1C(C)C. The van der Waals surface area contributed by atoms with E-state index in [2.05, 4.69) is 85.7 Å². The van der Waals surface area contributed by atoms with Gasteiger partial charge in [0.2, 0.25) is 0 Å². The normalized spacial score (nSPS) is 10.7. The van der Waals surface area contributed by atoms with Crippen molar-refractivity contribution in [2.24, 2.45) is 0 Å². The zero-order valence-corrected chi connectivity index (χ0v) is 18.4. The molecule has 0 fully saturated rings. The molecule has 0 N–H and O–H groups in total. The first-order chi connectivity index (χ1) is 12.3. The highest BCUT2D eigenvalue weighted by atomic mass is 16.5. The maximum Gasteiger partial charge on any atom is 0.125 e. The van der Waals surface area contributed by atoms with E-state index in [4.69, 9.17) is 4.74 Å². The van der Waals surface area contributed by atoms with Crippen molar-refractivity contribution in [2.75, 3.05) is 7.11 Å². The number of methoxy groups -OCH3 is 1. The first-order valence-electron chi connectivity index (χ1n) is 10.0. The summed E-state index contributed by atoms with van der Waals surface area (Å²) in [7, 11) is 1.76. The van der Waals surface area contributed by atoms with E-state index < -0.39 is 0 Å². The summed E-state index contributed by atoms with van der Waals surface area (Å²) in [5.74, 6) is 2.10. The average Bonchev–Trinajstić information content (AvgIpc) is 2.60. The lowest BCUT2D eigenvalue weighted by atomic mass is 9.94. The van der Waals surface area contributed by atoms with Crippen molar-refractivity contribution >= 4 is 0 Å². The van der Waals surface area contributed by atoms with Gasteiger partial charge in [0, 0.05) is 0 Å². The zero-order valence-electron chi connectivity index (χ0n) is 18.4. The fraction of sp³-hybridized carbons (Fsp3) is 0.520. The van der Waals surface area contributed by atoms with Gasteiger partial charge < -0.3 is 4.74 Å². The number of aryl methyl sites for hydroxylation is 3. The van der Waals surface area contributed by atoms with Crippen LogP contribution in [0.5, 0.6) is 5.75 Å². The van der Waals surface area contributed by atoms with Crippen molar-refractivity contribution in [3.63, 3.8) is 0 Å². The minimum Gasteiger partial charge on any atom is -0.496 e. The highest BCUT2D eigenvalue weighted by Crippen LogP contribution is 2.33. The third-order valence-corrected chi connectivity index (χ3v) is 5.04. The summed E-state index contributed by atoms with van der Waals surface area (Å²) in [4.78, 5) is 0. The Morgan fingerprint density at radius 3 is 1.58 bits per heavy atom. The van der Waals surface area contributed by atoms with E-state index in [1.165, 1.54) is 33.4 Å². The van der Waals surface area contributed by atoms with Gasteiger partial charge in [0.05, 0.1) is 7.11 Å². The highest BCUT2D eigenvalue weighted by Gasteiger charge is 2.13. The summed E-state index contributed by atoms with van der Waals surface area (Å²) >= 11 is 0. The molecule has 0 unspecified atom stereocenters. The van der Waals surface area contributed by atoms with Crippen molar-refractivity contribution in [3.05, 3.63) is 63.7 Å². The van der Waals surface area contributed by atoms with E-state index in [1.807, 2.05) is 0 Å². The summed E-state index contributed by atoms with van der Waals surface area (Å²) in [6, 6.07) is 11.0. The van der Waals surface area contributed by atoms with Crippen molar-refractivity contribution in [1.29, 1.82) is 0 Å². The molecule has 0 bridgehead atoms. The first-order valence-corrected chi connectivity index (χ1v) is 10.0. The second-order valence-corrected chi connectivity index (χ2v) is 7.69. The Balaban J connectivity index is 0.000000263. The topological polar surface area (TPSA) is 9.23 Å². The van der Waals surface area contributed by atoms with Crippen LogP contribution in [0.4, 0.5) is 0 Å². The monoisotopic (exact) mass is 354 g/mol. The molecule has 0 aromatic heterocycles. The maximum atomic E-state index is 5.50. The van der Waals surface area contributed by atoms with Gasteiger partial charge in [-0.05, 0) is 71.9 Å². The molecule has 0 heterocycles. The molecule has 2 aromatic carbocycles. The Hall–Kier alpha value is -1.76. The molecule has 0 amide bonds. The highest BCUT2D eigenvalue weighted by molar-refractivity contribution is 5.44. The number of benzene rings is 2. The zero-order chi connectivity index (χ0) is 19.9. The van der Waals surface area contributed by atoms with Gasteiger partial charge in [0.25, 0.3) is 0 Å². The van der Waals surface area contributed by atoms with E-state index in [0.717, 1.165) is 18.6 Å². The molecule has 0 atom stereocenters. The molecule has 144 valence electrons. The Morgan fingerprint density at radius 2 is 1.27 bits per heavy atom. The van der Waals surface area contributed by atoms with Crippen LogP contribution in [0.15, 0.2) is 30.3 Å².